The number of H-pyrrole nitrogens is 1. The van der Waals surface area contributed by atoms with Crippen LogP contribution in [0.4, 0.5) is 5.69 Å². The Balaban J connectivity index is 1.44. The largest absolute Gasteiger partial charge is 0.372 e. The maximum atomic E-state index is 9.07. The molecule has 1 aliphatic rings. The van der Waals surface area contributed by atoms with Crippen molar-refractivity contribution in [2.24, 2.45) is 0 Å². The van der Waals surface area contributed by atoms with Gasteiger partial charge in [0.1, 0.15) is 11.9 Å². The van der Waals surface area contributed by atoms with Crippen molar-refractivity contribution < 1.29 is 0 Å². The standard InChI is InChI=1S/C24H27ClN4/c1-15(2)17-7-11-22-23(12-17)28-24(27-22)16-4-8-19(9-5-16)29(3)20-10-6-18(14-26)21(25)13-20/h6-7,10-13,15-16,19H,4-5,8-9H2,1-3H3,(H,27,28). The minimum atomic E-state index is 0.479. The first kappa shape index (κ1) is 19.8. The minimum absolute atomic E-state index is 0.479. The van der Waals surface area contributed by atoms with E-state index in [2.05, 4.69) is 55.0 Å². The summed E-state index contributed by atoms with van der Waals surface area (Å²) in [7, 11) is 2.12. The Kier molecular flexibility index (Phi) is 5.52. The fourth-order valence-corrected chi connectivity index (χ4v) is 4.58. The molecule has 4 rings (SSSR count). The number of nitrogens with zero attached hydrogens (tertiary/aromatic N) is 3. The smallest absolute Gasteiger partial charge is 0.110 e. The molecule has 0 bridgehead atoms. The van der Waals surface area contributed by atoms with Gasteiger partial charge in [-0.15, -0.1) is 0 Å². The summed E-state index contributed by atoms with van der Waals surface area (Å²) >= 11 is 6.22. The highest BCUT2D eigenvalue weighted by Gasteiger charge is 2.27. The number of fused-ring (bicyclic) bond motifs is 1. The third-order valence-corrected chi connectivity index (χ3v) is 6.62. The molecule has 1 N–H and O–H groups in total. The third-order valence-electron chi connectivity index (χ3n) is 6.30. The quantitative estimate of drug-likeness (QED) is 0.547. The van der Waals surface area contributed by atoms with Gasteiger partial charge in [0.15, 0.2) is 0 Å². The average molecular weight is 407 g/mol. The lowest BCUT2D eigenvalue weighted by atomic mass is 9.85. The van der Waals surface area contributed by atoms with Crippen LogP contribution in [0.25, 0.3) is 11.0 Å². The van der Waals surface area contributed by atoms with Crippen molar-refractivity contribution in [3.63, 3.8) is 0 Å². The zero-order valence-corrected chi connectivity index (χ0v) is 18.0. The van der Waals surface area contributed by atoms with Crippen molar-refractivity contribution >= 4 is 28.3 Å². The molecule has 0 radical (unpaired) electrons. The molecule has 0 amide bonds. The lowest BCUT2D eigenvalue weighted by Crippen LogP contribution is -2.35. The molecule has 1 aromatic heterocycles. The van der Waals surface area contributed by atoms with Crippen molar-refractivity contribution in [2.45, 2.75) is 57.4 Å². The Hall–Kier alpha value is -2.51. The molecule has 0 aliphatic heterocycles. The number of halogens is 1. The van der Waals surface area contributed by atoms with Gasteiger partial charge >= 0.3 is 0 Å². The highest BCUT2D eigenvalue weighted by Crippen LogP contribution is 2.36. The summed E-state index contributed by atoms with van der Waals surface area (Å²) < 4.78 is 0. The van der Waals surface area contributed by atoms with E-state index in [1.807, 2.05) is 12.1 Å². The fraction of sp³-hybridized carbons (Fsp3) is 0.417. The summed E-state index contributed by atoms with van der Waals surface area (Å²) in [5.41, 5.74) is 5.16. The predicted octanol–water partition coefficient (Wildman–Crippen LogP) is 6.37. The van der Waals surface area contributed by atoms with E-state index in [-0.39, 0.29) is 0 Å². The lowest BCUT2D eigenvalue weighted by molar-refractivity contribution is 0.377. The first-order valence-electron chi connectivity index (χ1n) is 10.4. The van der Waals surface area contributed by atoms with Crippen LogP contribution in [-0.4, -0.2) is 23.1 Å². The van der Waals surface area contributed by atoms with Crippen molar-refractivity contribution in [3.8, 4) is 6.07 Å². The number of imidazole rings is 1. The van der Waals surface area contributed by atoms with E-state index in [9.17, 15) is 0 Å². The molecule has 3 aromatic rings. The van der Waals surface area contributed by atoms with Gasteiger partial charge in [-0.25, -0.2) is 4.98 Å². The highest BCUT2D eigenvalue weighted by atomic mass is 35.5. The van der Waals surface area contributed by atoms with Crippen LogP contribution >= 0.6 is 11.6 Å². The van der Waals surface area contributed by atoms with Gasteiger partial charge in [-0.2, -0.15) is 5.26 Å². The van der Waals surface area contributed by atoms with Crippen LogP contribution in [0.3, 0.4) is 0 Å². The number of hydrogen-bond donors (Lipinski definition) is 1. The molecule has 150 valence electrons. The monoisotopic (exact) mass is 406 g/mol. The first-order chi connectivity index (χ1) is 14.0. The van der Waals surface area contributed by atoms with Crippen molar-refractivity contribution in [1.29, 1.82) is 5.26 Å². The van der Waals surface area contributed by atoms with Crippen molar-refractivity contribution in [3.05, 3.63) is 58.4 Å². The summed E-state index contributed by atoms with van der Waals surface area (Å²) in [6.07, 6.45) is 4.48. The van der Waals surface area contributed by atoms with E-state index in [0.717, 1.165) is 48.2 Å². The summed E-state index contributed by atoms with van der Waals surface area (Å²) in [5.74, 6) is 2.13. The Bertz CT molecular complexity index is 1050. The molecule has 5 heteroatoms. The van der Waals surface area contributed by atoms with E-state index < -0.39 is 0 Å². The van der Waals surface area contributed by atoms with Crippen LogP contribution in [0.5, 0.6) is 0 Å². The second-order valence-electron chi connectivity index (χ2n) is 8.45. The van der Waals surface area contributed by atoms with E-state index in [1.165, 1.54) is 5.56 Å². The van der Waals surface area contributed by atoms with Crippen LogP contribution in [0.15, 0.2) is 36.4 Å². The summed E-state index contributed by atoms with van der Waals surface area (Å²) in [6.45, 7) is 4.44. The number of rotatable bonds is 4. The second kappa shape index (κ2) is 8.08. The SMILES string of the molecule is CC(C)c1ccc2nc(C3CCC(N(C)c4ccc(C#N)c(Cl)c4)CC3)[nH]c2c1. The topological polar surface area (TPSA) is 55.7 Å². The Labute approximate surface area is 177 Å². The summed E-state index contributed by atoms with van der Waals surface area (Å²) in [4.78, 5) is 10.8. The van der Waals surface area contributed by atoms with Crippen LogP contribution in [0.1, 0.15) is 68.3 Å². The van der Waals surface area contributed by atoms with Gasteiger partial charge in [0, 0.05) is 24.7 Å². The molecule has 0 saturated heterocycles. The number of anilines is 1. The van der Waals surface area contributed by atoms with Gasteiger partial charge in [0.2, 0.25) is 0 Å². The molecular formula is C24H27ClN4. The highest BCUT2D eigenvalue weighted by molar-refractivity contribution is 6.32. The van der Waals surface area contributed by atoms with Gasteiger partial charge in [0.25, 0.3) is 0 Å². The normalized spacial score (nSPS) is 19.4. The lowest BCUT2D eigenvalue weighted by Gasteiger charge is -2.35. The molecular weight excluding hydrogens is 380 g/mol. The molecule has 1 saturated carbocycles. The number of aromatic amines is 1. The molecule has 1 aliphatic carbocycles. The number of aromatic nitrogens is 2. The fourth-order valence-electron chi connectivity index (χ4n) is 4.36. The minimum Gasteiger partial charge on any atom is -0.372 e. The predicted molar refractivity (Wildman–Crippen MR) is 120 cm³/mol. The van der Waals surface area contributed by atoms with Gasteiger partial charge in [0.05, 0.1) is 21.6 Å². The Morgan fingerprint density at radius 3 is 2.55 bits per heavy atom. The van der Waals surface area contributed by atoms with E-state index in [4.69, 9.17) is 21.8 Å². The van der Waals surface area contributed by atoms with E-state index >= 15 is 0 Å². The molecule has 0 atom stereocenters. The molecule has 0 unspecified atom stereocenters. The molecule has 29 heavy (non-hydrogen) atoms. The van der Waals surface area contributed by atoms with Crippen LogP contribution in [0, 0.1) is 11.3 Å². The number of nitriles is 1. The summed E-state index contributed by atoms with van der Waals surface area (Å²) in [5, 5.41) is 9.59. The first-order valence-corrected chi connectivity index (χ1v) is 10.8. The van der Waals surface area contributed by atoms with Gasteiger partial charge in [-0.1, -0.05) is 31.5 Å². The van der Waals surface area contributed by atoms with E-state index in [0.29, 0.717) is 28.5 Å². The molecule has 1 fully saturated rings. The Morgan fingerprint density at radius 2 is 1.90 bits per heavy atom. The van der Waals surface area contributed by atoms with Crippen molar-refractivity contribution in [2.75, 3.05) is 11.9 Å². The van der Waals surface area contributed by atoms with Gasteiger partial charge in [-0.05, 0) is 67.5 Å². The third kappa shape index (κ3) is 3.97. The van der Waals surface area contributed by atoms with Crippen LogP contribution in [-0.2, 0) is 0 Å². The number of hydrogen-bond acceptors (Lipinski definition) is 3. The molecule has 1 heterocycles. The average Bonchev–Trinajstić information content (AvgIpc) is 3.16. The molecule has 4 nitrogen and oxygen atoms in total. The van der Waals surface area contributed by atoms with Crippen molar-refractivity contribution in [1.82, 2.24) is 9.97 Å². The van der Waals surface area contributed by atoms with Crippen LogP contribution < -0.4 is 4.90 Å². The van der Waals surface area contributed by atoms with Gasteiger partial charge < -0.3 is 9.88 Å². The molecule has 2 aromatic carbocycles. The van der Waals surface area contributed by atoms with Crippen LogP contribution in [0.2, 0.25) is 5.02 Å². The number of nitrogens with one attached hydrogen (secondary N) is 1. The van der Waals surface area contributed by atoms with E-state index in [1.54, 1.807) is 6.07 Å². The Morgan fingerprint density at radius 1 is 1.14 bits per heavy atom. The zero-order valence-electron chi connectivity index (χ0n) is 17.2. The second-order valence-corrected chi connectivity index (χ2v) is 8.85. The summed E-state index contributed by atoms with van der Waals surface area (Å²) in [6, 6.07) is 14.9. The maximum Gasteiger partial charge on any atom is 0.110 e. The number of benzene rings is 2. The molecule has 0 spiro atoms. The zero-order chi connectivity index (χ0) is 20.5. The maximum absolute atomic E-state index is 9.07. The van der Waals surface area contributed by atoms with Gasteiger partial charge in [-0.3, -0.25) is 0 Å².